The van der Waals surface area contributed by atoms with E-state index in [1.807, 2.05) is 18.2 Å². The van der Waals surface area contributed by atoms with Crippen molar-refractivity contribution in [2.24, 2.45) is 0 Å². The summed E-state index contributed by atoms with van der Waals surface area (Å²) >= 11 is 0. The summed E-state index contributed by atoms with van der Waals surface area (Å²) in [5.74, 6) is 0. The molecular weight excluding hydrogens is 340 g/mol. The molecule has 2 N–H and O–H groups in total. The van der Waals surface area contributed by atoms with E-state index in [2.05, 4.69) is 26.2 Å². The molecule has 4 rings (SSSR count). The zero-order valence-electron chi connectivity index (χ0n) is 13.7. The lowest BCUT2D eigenvalue weighted by Gasteiger charge is -2.27. The molecule has 3 heterocycles. The van der Waals surface area contributed by atoms with Gasteiger partial charge in [-0.05, 0) is 37.1 Å². The molecule has 0 saturated carbocycles. The minimum Gasteiger partial charge on any atom is -0.336 e. The Balaban J connectivity index is 1.56. The number of hydrogen-bond acceptors (Lipinski definition) is 6. The Morgan fingerprint density at radius 3 is 3.08 bits per heavy atom. The summed E-state index contributed by atoms with van der Waals surface area (Å²) in [5.41, 5.74) is 3.34. The van der Waals surface area contributed by atoms with Crippen LogP contribution in [-0.2, 0) is 16.4 Å². The fraction of sp³-hybridized carbons (Fsp3) is 0.294. The fourth-order valence-electron chi connectivity index (χ4n) is 3.12. The predicted molar refractivity (Wildman–Crippen MR) is 92.6 cm³/mol. The topological polar surface area (TPSA) is 97.1 Å². The lowest BCUT2D eigenvalue weighted by molar-refractivity contribution is 0.442. The van der Waals surface area contributed by atoms with E-state index in [4.69, 9.17) is 4.52 Å². The largest absolute Gasteiger partial charge is 0.336 e. The van der Waals surface area contributed by atoms with Crippen LogP contribution >= 0.6 is 0 Å². The molecule has 0 spiro atoms. The zero-order chi connectivity index (χ0) is 17.4. The molecule has 7 nitrogen and oxygen atoms in total. The maximum absolute atomic E-state index is 12.6. The van der Waals surface area contributed by atoms with Crippen LogP contribution in [0.2, 0.25) is 0 Å². The van der Waals surface area contributed by atoms with Gasteiger partial charge in [-0.15, -0.1) is 0 Å². The van der Waals surface area contributed by atoms with Crippen molar-refractivity contribution >= 4 is 21.1 Å². The van der Waals surface area contributed by atoms with Crippen molar-refractivity contribution in [3.05, 3.63) is 53.3 Å². The van der Waals surface area contributed by atoms with Crippen LogP contribution in [0.5, 0.6) is 0 Å². The standard InChI is InChI=1S/C17H18N4O3S/c1-11-15-8-13(9-19-17(15)24-21-11)25(22,23)20-10-16-14-5-3-2-4-12(14)6-7-18-16/h2-5,8-9,16,18,20H,6-7,10H2,1H3. The molecule has 0 radical (unpaired) electrons. The van der Waals surface area contributed by atoms with Gasteiger partial charge in [-0.3, -0.25) is 0 Å². The van der Waals surface area contributed by atoms with Crippen molar-refractivity contribution in [2.75, 3.05) is 13.1 Å². The Kier molecular flexibility index (Phi) is 4.03. The summed E-state index contributed by atoms with van der Waals surface area (Å²) in [7, 11) is -3.67. The van der Waals surface area contributed by atoms with Gasteiger partial charge in [-0.1, -0.05) is 29.4 Å². The van der Waals surface area contributed by atoms with E-state index in [9.17, 15) is 8.42 Å². The van der Waals surface area contributed by atoms with Gasteiger partial charge in [-0.2, -0.15) is 0 Å². The quantitative estimate of drug-likeness (QED) is 0.737. The number of aromatic nitrogens is 2. The first kappa shape index (κ1) is 16.2. The second kappa shape index (κ2) is 6.21. The number of pyridine rings is 1. The van der Waals surface area contributed by atoms with E-state index in [1.54, 1.807) is 13.0 Å². The number of nitrogens with one attached hydrogen (secondary N) is 2. The highest BCUT2D eigenvalue weighted by molar-refractivity contribution is 7.89. The van der Waals surface area contributed by atoms with Crippen molar-refractivity contribution in [3.8, 4) is 0 Å². The first-order valence-electron chi connectivity index (χ1n) is 8.07. The van der Waals surface area contributed by atoms with E-state index in [1.165, 1.54) is 11.8 Å². The van der Waals surface area contributed by atoms with Gasteiger partial charge in [0.15, 0.2) is 0 Å². The van der Waals surface area contributed by atoms with Crippen LogP contribution in [-0.4, -0.2) is 31.6 Å². The normalized spacial score (nSPS) is 17.6. The Hall–Kier alpha value is -2.29. The molecule has 1 atom stereocenters. The lowest BCUT2D eigenvalue weighted by atomic mass is 9.95. The number of benzene rings is 1. The molecular formula is C17H18N4O3S. The molecule has 0 fully saturated rings. The summed E-state index contributed by atoms with van der Waals surface area (Å²) in [4.78, 5) is 4.14. The molecule has 1 aliphatic rings. The van der Waals surface area contributed by atoms with Gasteiger partial charge in [-0.25, -0.2) is 18.1 Å². The van der Waals surface area contributed by atoms with Crippen molar-refractivity contribution in [1.29, 1.82) is 0 Å². The number of fused-ring (bicyclic) bond motifs is 2. The Bertz CT molecular complexity index is 1030. The van der Waals surface area contributed by atoms with Crippen LogP contribution < -0.4 is 10.0 Å². The van der Waals surface area contributed by atoms with Crippen LogP contribution in [0.15, 0.2) is 45.9 Å². The van der Waals surface area contributed by atoms with Gasteiger partial charge >= 0.3 is 0 Å². The van der Waals surface area contributed by atoms with E-state index in [0.29, 0.717) is 16.8 Å². The van der Waals surface area contributed by atoms with E-state index >= 15 is 0 Å². The van der Waals surface area contributed by atoms with Gasteiger partial charge in [0.05, 0.1) is 17.3 Å². The molecule has 1 unspecified atom stereocenters. The number of rotatable bonds is 4. The zero-order valence-corrected chi connectivity index (χ0v) is 14.5. The highest BCUT2D eigenvalue weighted by Gasteiger charge is 2.23. The van der Waals surface area contributed by atoms with Gasteiger partial charge < -0.3 is 9.84 Å². The molecule has 0 amide bonds. The molecule has 1 aromatic carbocycles. The van der Waals surface area contributed by atoms with E-state index in [-0.39, 0.29) is 17.5 Å². The van der Waals surface area contributed by atoms with Gasteiger partial charge in [0.1, 0.15) is 4.90 Å². The summed E-state index contributed by atoms with van der Waals surface area (Å²) in [5, 5.41) is 7.77. The van der Waals surface area contributed by atoms with Crippen LogP contribution in [0.25, 0.3) is 11.1 Å². The van der Waals surface area contributed by atoms with Crippen LogP contribution in [0.4, 0.5) is 0 Å². The summed E-state index contributed by atoms with van der Waals surface area (Å²) in [6, 6.07) is 9.60. The summed E-state index contributed by atoms with van der Waals surface area (Å²) in [6.45, 7) is 2.86. The third-order valence-corrected chi connectivity index (χ3v) is 5.88. The smallest absolute Gasteiger partial charge is 0.257 e. The molecule has 2 aromatic heterocycles. The molecule has 25 heavy (non-hydrogen) atoms. The molecule has 0 saturated heterocycles. The lowest BCUT2D eigenvalue weighted by Crippen LogP contribution is -2.38. The Morgan fingerprint density at radius 2 is 2.20 bits per heavy atom. The second-order valence-corrected chi connectivity index (χ2v) is 7.87. The highest BCUT2D eigenvalue weighted by Crippen LogP contribution is 2.23. The van der Waals surface area contributed by atoms with Crippen molar-refractivity contribution in [2.45, 2.75) is 24.3 Å². The van der Waals surface area contributed by atoms with Gasteiger partial charge in [0.25, 0.3) is 5.71 Å². The Labute approximate surface area is 145 Å². The predicted octanol–water partition coefficient (Wildman–Crippen LogP) is 1.70. The van der Waals surface area contributed by atoms with Crippen LogP contribution in [0.1, 0.15) is 22.9 Å². The third kappa shape index (κ3) is 3.04. The maximum Gasteiger partial charge on any atom is 0.257 e. The number of nitrogens with zero attached hydrogens (tertiary/aromatic N) is 2. The minimum atomic E-state index is -3.67. The number of sulfonamides is 1. The molecule has 3 aromatic rings. The van der Waals surface area contributed by atoms with Crippen LogP contribution in [0.3, 0.4) is 0 Å². The third-order valence-electron chi connectivity index (χ3n) is 4.49. The van der Waals surface area contributed by atoms with Crippen molar-refractivity contribution in [1.82, 2.24) is 20.2 Å². The number of aryl methyl sites for hydroxylation is 1. The molecule has 1 aliphatic heterocycles. The monoisotopic (exact) mass is 358 g/mol. The Morgan fingerprint density at radius 1 is 1.36 bits per heavy atom. The summed E-state index contributed by atoms with van der Waals surface area (Å²) < 4.78 is 33.0. The molecule has 8 heteroatoms. The average molecular weight is 358 g/mol. The average Bonchev–Trinajstić information content (AvgIpc) is 3.00. The first-order chi connectivity index (χ1) is 12.0. The van der Waals surface area contributed by atoms with E-state index in [0.717, 1.165) is 18.5 Å². The van der Waals surface area contributed by atoms with Crippen molar-refractivity contribution in [3.63, 3.8) is 0 Å². The maximum atomic E-state index is 12.6. The molecule has 0 bridgehead atoms. The summed E-state index contributed by atoms with van der Waals surface area (Å²) in [6.07, 6.45) is 2.24. The van der Waals surface area contributed by atoms with Crippen LogP contribution in [0, 0.1) is 6.92 Å². The second-order valence-electron chi connectivity index (χ2n) is 6.10. The molecule has 130 valence electrons. The first-order valence-corrected chi connectivity index (χ1v) is 9.56. The highest BCUT2D eigenvalue weighted by atomic mass is 32.2. The van der Waals surface area contributed by atoms with Gasteiger partial charge in [0, 0.05) is 12.6 Å². The SMILES string of the molecule is Cc1noc2ncc(S(=O)(=O)NCC3NCCc4ccccc43)cc12. The fourth-order valence-corrected chi connectivity index (χ4v) is 4.14. The van der Waals surface area contributed by atoms with Crippen molar-refractivity contribution < 1.29 is 12.9 Å². The molecule has 0 aliphatic carbocycles. The van der Waals surface area contributed by atoms with Gasteiger partial charge in [0.2, 0.25) is 10.0 Å². The minimum absolute atomic E-state index is 0.0475. The van der Waals surface area contributed by atoms with E-state index < -0.39 is 10.0 Å². The number of hydrogen-bond donors (Lipinski definition) is 2.